The van der Waals surface area contributed by atoms with Crippen LogP contribution in [0.4, 0.5) is 0 Å². The van der Waals surface area contributed by atoms with Crippen LogP contribution >= 0.6 is 0 Å². The van der Waals surface area contributed by atoms with Crippen molar-refractivity contribution in [3.05, 3.63) is 0 Å². The van der Waals surface area contributed by atoms with Crippen molar-refractivity contribution in [2.24, 2.45) is 10.2 Å². The van der Waals surface area contributed by atoms with Crippen LogP contribution in [0.25, 0.3) is 0 Å². The summed E-state index contributed by atoms with van der Waals surface area (Å²) in [6, 6.07) is 0. The van der Waals surface area contributed by atoms with Crippen LogP contribution < -0.4 is 0 Å². The molecule has 0 unspecified atom stereocenters. The van der Waals surface area contributed by atoms with Gasteiger partial charge in [-0.2, -0.15) is 5.10 Å². The van der Waals surface area contributed by atoms with Gasteiger partial charge < -0.3 is 4.74 Å². The van der Waals surface area contributed by atoms with Crippen LogP contribution in [0.3, 0.4) is 0 Å². The summed E-state index contributed by atoms with van der Waals surface area (Å²) < 4.78 is 5.18. The van der Waals surface area contributed by atoms with Gasteiger partial charge in [-0.05, 0) is 20.8 Å². The van der Waals surface area contributed by atoms with Gasteiger partial charge in [-0.1, -0.05) is 6.92 Å². The Kier molecular flexibility index (Phi) is 5.43. The Morgan fingerprint density at radius 2 is 1.82 bits per heavy atom. The third-order valence-corrected chi connectivity index (χ3v) is 0.975. The summed E-state index contributed by atoms with van der Waals surface area (Å²) in [5, 5.41) is 7.81. The predicted octanol–water partition coefficient (Wildman–Crippen LogP) is 2.23. The molecule has 3 nitrogen and oxygen atoms in total. The first-order valence-electron chi connectivity index (χ1n) is 3.91. The van der Waals surface area contributed by atoms with E-state index in [1.807, 2.05) is 27.7 Å². The molecule has 64 valence electrons. The van der Waals surface area contributed by atoms with E-state index in [0.29, 0.717) is 12.5 Å². The third kappa shape index (κ3) is 5.58. The second kappa shape index (κ2) is 5.89. The maximum Gasteiger partial charge on any atom is 0.208 e. The largest absolute Gasteiger partial charge is 0.480 e. The van der Waals surface area contributed by atoms with Gasteiger partial charge in [-0.15, -0.1) is 5.10 Å². The lowest BCUT2D eigenvalue weighted by atomic mass is 10.5. The highest BCUT2D eigenvalue weighted by Crippen LogP contribution is 1.90. The zero-order valence-electron chi connectivity index (χ0n) is 7.72. The molecule has 0 aromatic heterocycles. The van der Waals surface area contributed by atoms with Gasteiger partial charge in [-0.25, -0.2) is 0 Å². The first kappa shape index (κ1) is 10.1. The molecule has 0 amide bonds. The Hall–Kier alpha value is -0.860. The zero-order valence-corrected chi connectivity index (χ0v) is 7.72. The molecule has 0 aliphatic carbocycles. The highest BCUT2D eigenvalue weighted by Gasteiger charge is 1.92. The highest BCUT2D eigenvalue weighted by atomic mass is 16.5. The molecule has 0 aliphatic heterocycles. The Bertz CT molecular complexity index is 157. The summed E-state index contributed by atoms with van der Waals surface area (Å²) in [7, 11) is 0. The molecule has 0 fully saturated rings. The van der Waals surface area contributed by atoms with Gasteiger partial charge in [-0.3, -0.25) is 0 Å². The van der Waals surface area contributed by atoms with Crippen LogP contribution in [0.1, 0.15) is 34.1 Å². The van der Waals surface area contributed by atoms with Crippen molar-refractivity contribution < 1.29 is 4.74 Å². The minimum absolute atomic E-state index is 0.658. The molecule has 0 aromatic carbocycles. The van der Waals surface area contributed by atoms with Crippen molar-refractivity contribution >= 4 is 11.6 Å². The van der Waals surface area contributed by atoms with Crippen molar-refractivity contribution in [3.63, 3.8) is 0 Å². The van der Waals surface area contributed by atoms with Gasteiger partial charge in [0.15, 0.2) is 0 Å². The molecule has 0 spiro atoms. The van der Waals surface area contributed by atoms with Gasteiger partial charge in [0.2, 0.25) is 5.90 Å². The van der Waals surface area contributed by atoms with Gasteiger partial charge in [0.05, 0.1) is 6.61 Å². The summed E-state index contributed by atoms with van der Waals surface area (Å²) in [4.78, 5) is 0. The topological polar surface area (TPSA) is 34.0 Å². The predicted molar refractivity (Wildman–Crippen MR) is 48.1 cm³/mol. The summed E-state index contributed by atoms with van der Waals surface area (Å²) in [5.41, 5.74) is 0.940. The van der Waals surface area contributed by atoms with Gasteiger partial charge in [0.1, 0.15) is 0 Å². The lowest BCUT2D eigenvalue weighted by molar-refractivity contribution is 0.317. The fraction of sp³-hybridized carbons (Fsp3) is 0.750. The van der Waals surface area contributed by atoms with Crippen molar-refractivity contribution in [1.29, 1.82) is 0 Å². The van der Waals surface area contributed by atoms with Crippen LogP contribution in [0, 0.1) is 0 Å². The van der Waals surface area contributed by atoms with Crippen molar-refractivity contribution in [2.45, 2.75) is 34.1 Å². The third-order valence-electron chi connectivity index (χ3n) is 0.975. The molecule has 11 heavy (non-hydrogen) atoms. The average molecular weight is 156 g/mol. The minimum atomic E-state index is 0.658. The molecule has 0 heterocycles. The van der Waals surface area contributed by atoms with Crippen LogP contribution in [0.2, 0.25) is 0 Å². The molecule has 0 saturated carbocycles. The molecule has 0 saturated heterocycles. The van der Waals surface area contributed by atoms with E-state index in [4.69, 9.17) is 4.74 Å². The summed E-state index contributed by atoms with van der Waals surface area (Å²) in [6.07, 6.45) is 0.796. The summed E-state index contributed by atoms with van der Waals surface area (Å²) >= 11 is 0. The molecule has 0 bridgehead atoms. The SMILES string of the molecule is CCO/C(CC)=N\N=C(C)C. The van der Waals surface area contributed by atoms with E-state index in [1.54, 1.807) is 0 Å². The van der Waals surface area contributed by atoms with Crippen LogP contribution in [0.15, 0.2) is 10.2 Å². The van der Waals surface area contributed by atoms with Crippen molar-refractivity contribution in [3.8, 4) is 0 Å². The van der Waals surface area contributed by atoms with Crippen LogP contribution in [-0.4, -0.2) is 18.2 Å². The monoisotopic (exact) mass is 156 g/mol. The molecule has 3 heteroatoms. The van der Waals surface area contributed by atoms with E-state index in [9.17, 15) is 0 Å². The Morgan fingerprint density at radius 3 is 2.18 bits per heavy atom. The Morgan fingerprint density at radius 1 is 1.18 bits per heavy atom. The molecular weight excluding hydrogens is 140 g/mol. The molecule has 0 radical (unpaired) electrons. The molecule has 0 atom stereocenters. The Labute approximate surface area is 68.2 Å². The number of hydrogen-bond acceptors (Lipinski definition) is 3. The smallest absolute Gasteiger partial charge is 0.208 e. The van der Waals surface area contributed by atoms with Crippen molar-refractivity contribution in [1.82, 2.24) is 0 Å². The standard InChI is InChI=1S/C8H16N2O/c1-5-8(11-6-2)10-9-7(3)4/h5-6H2,1-4H3/b10-8-. The van der Waals surface area contributed by atoms with E-state index >= 15 is 0 Å². The second-order valence-corrected chi connectivity index (χ2v) is 2.33. The maximum atomic E-state index is 5.18. The molecular formula is C8H16N2O. The van der Waals surface area contributed by atoms with E-state index in [0.717, 1.165) is 12.1 Å². The van der Waals surface area contributed by atoms with Gasteiger partial charge >= 0.3 is 0 Å². The van der Waals surface area contributed by atoms with E-state index in [2.05, 4.69) is 10.2 Å². The minimum Gasteiger partial charge on any atom is -0.480 e. The summed E-state index contributed by atoms with van der Waals surface area (Å²) in [5.74, 6) is 0.703. The number of nitrogens with zero attached hydrogens (tertiary/aromatic N) is 2. The average Bonchev–Trinajstić information content (AvgIpc) is 1.97. The van der Waals surface area contributed by atoms with Gasteiger partial charge in [0.25, 0.3) is 0 Å². The normalized spacial score (nSPS) is 11.1. The number of hydrogen-bond donors (Lipinski definition) is 0. The first-order valence-corrected chi connectivity index (χ1v) is 3.91. The van der Waals surface area contributed by atoms with Gasteiger partial charge in [0, 0.05) is 12.1 Å². The fourth-order valence-corrected chi connectivity index (χ4v) is 0.524. The first-order chi connectivity index (χ1) is 5.20. The molecule has 0 aromatic rings. The lowest BCUT2D eigenvalue weighted by Gasteiger charge is -2.00. The zero-order chi connectivity index (χ0) is 8.69. The molecule has 0 N–H and O–H groups in total. The van der Waals surface area contributed by atoms with E-state index < -0.39 is 0 Å². The summed E-state index contributed by atoms with van der Waals surface area (Å²) in [6.45, 7) is 8.40. The number of rotatable bonds is 3. The van der Waals surface area contributed by atoms with Crippen LogP contribution in [0.5, 0.6) is 0 Å². The molecule has 0 aliphatic rings. The van der Waals surface area contributed by atoms with Crippen molar-refractivity contribution in [2.75, 3.05) is 6.61 Å². The van der Waals surface area contributed by atoms with E-state index in [1.165, 1.54) is 0 Å². The molecule has 0 rings (SSSR count). The highest BCUT2D eigenvalue weighted by molar-refractivity contribution is 5.81. The lowest BCUT2D eigenvalue weighted by Crippen LogP contribution is -2.01. The van der Waals surface area contributed by atoms with Crippen LogP contribution in [-0.2, 0) is 4.74 Å². The van der Waals surface area contributed by atoms with E-state index in [-0.39, 0.29) is 0 Å². The quantitative estimate of drug-likeness (QED) is 0.350. The second-order valence-electron chi connectivity index (χ2n) is 2.33. The fourth-order valence-electron chi connectivity index (χ4n) is 0.524. The Balaban J connectivity index is 4.00. The maximum absolute atomic E-state index is 5.18. The number of ether oxygens (including phenoxy) is 1.